The highest BCUT2D eigenvalue weighted by Gasteiger charge is 2.23. The van der Waals surface area contributed by atoms with Crippen molar-refractivity contribution in [3.05, 3.63) is 51.4 Å². The summed E-state index contributed by atoms with van der Waals surface area (Å²) < 4.78 is 1.47. The lowest BCUT2D eigenvalue weighted by Gasteiger charge is -2.14. The molecule has 1 N–H and O–H groups in total. The molecule has 0 unspecified atom stereocenters. The fourth-order valence-electron chi connectivity index (χ4n) is 3.70. The van der Waals surface area contributed by atoms with Crippen LogP contribution in [0.5, 0.6) is 0 Å². The van der Waals surface area contributed by atoms with Crippen LogP contribution in [0.25, 0.3) is 22.0 Å². The molecule has 140 valence electrons. The normalized spacial score (nSPS) is 13.8. The number of nitrogens with one attached hydrogen (secondary N) is 1. The summed E-state index contributed by atoms with van der Waals surface area (Å²) in [5.41, 5.74) is 4.38. The fourth-order valence-corrected chi connectivity index (χ4v) is 3.70. The summed E-state index contributed by atoms with van der Waals surface area (Å²) in [6.45, 7) is 5.86. The lowest BCUT2D eigenvalue weighted by Crippen LogP contribution is -2.24. The molecule has 0 spiro atoms. The molecule has 0 amide bonds. The molecule has 0 atom stereocenters. The Kier molecular flexibility index (Phi) is 4.44. The van der Waals surface area contributed by atoms with Gasteiger partial charge in [0.15, 0.2) is 11.5 Å². The van der Waals surface area contributed by atoms with Crippen LogP contribution < -0.4 is 10.9 Å². The molecule has 6 nitrogen and oxygen atoms in total. The van der Waals surface area contributed by atoms with Gasteiger partial charge in [0.1, 0.15) is 0 Å². The topological polar surface area (TPSA) is 62.5 Å². The Labute approximate surface area is 158 Å². The Morgan fingerprint density at radius 3 is 2.67 bits per heavy atom. The minimum absolute atomic E-state index is 0.0774. The minimum atomic E-state index is -0.0774. The SMILES string of the molecule is CC1=C(C)c2c(nc3c4ccccc4c(NCCCN(C)C)nn3c2=O)C1. The maximum Gasteiger partial charge on any atom is 0.282 e. The molecule has 2 heterocycles. The van der Waals surface area contributed by atoms with Gasteiger partial charge in [-0.05, 0) is 46.5 Å². The van der Waals surface area contributed by atoms with Crippen molar-refractivity contribution in [3.63, 3.8) is 0 Å². The summed E-state index contributed by atoms with van der Waals surface area (Å²) in [7, 11) is 4.13. The van der Waals surface area contributed by atoms with E-state index >= 15 is 0 Å². The van der Waals surface area contributed by atoms with Crippen LogP contribution in [0.4, 0.5) is 5.82 Å². The van der Waals surface area contributed by atoms with Crippen LogP contribution in [-0.4, -0.2) is 46.7 Å². The van der Waals surface area contributed by atoms with Gasteiger partial charge >= 0.3 is 0 Å². The summed E-state index contributed by atoms with van der Waals surface area (Å²) >= 11 is 0. The van der Waals surface area contributed by atoms with Crippen molar-refractivity contribution in [2.24, 2.45) is 0 Å². The second-order valence-corrected chi connectivity index (χ2v) is 7.53. The molecule has 0 aliphatic heterocycles. The zero-order chi connectivity index (χ0) is 19.1. The third-order valence-electron chi connectivity index (χ3n) is 5.28. The number of allylic oxidation sites excluding steroid dienone is 2. The van der Waals surface area contributed by atoms with Crippen LogP contribution in [0.1, 0.15) is 31.5 Å². The molecule has 0 bridgehead atoms. The van der Waals surface area contributed by atoms with E-state index in [1.807, 2.05) is 31.2 Å². The summed E-state index contributed by atoms with van der Waals surface area (Å²) in [6, 6.07) is 8.02. The Bertz CT molecular complexity index is 1130. The van der Waals surface area contributed by atoms with Gasteiger partial charge in [-0.25, -0.2) is 4.98 Å². The van der Waals surface area contributed by atoms with Gasteiger partial charge in [-0.2, -0.15) is 4.52 Å². The second kappa shape index (κ2) is 6.78. The van der Waals surface area contributed by atoms with E-state index < -0.39 is 0 Å². The lowest BCUT2D eigenvalue weighted by atomic mass is 10.1. The van der Waals surface area contributed by atoms with E-state index in [1.54, 1.807) is 0 Å². The molecule has 27 heavy (non-hydrogen) atoms. The van der Waals surface area contributed by atoms with E-state index in [0.29, 0.717) is 11.2 Å². The van der Waals surface area contributed by atoms with Crippen molar-refractivity contribution < 1.29 is 0 Å². The number of hydrogen-bond acceptors (Lipinski definition) is 5. The molecule has 3 aromatic rings. The van der Waals surface area contributed by atoms with E-state index in [9.17, 15) is 4.79 Å². The standard InChI is InChI=1S/C21H25N5O/c1-13-12-17-18(14(13)2)21(27)26-20(23-17)16-9-6-5-8-15(16)19(24-26)22-10-7-11-25(3)4/h5-6,8-9H,7,10-12H2,1-4H3,(H,22,24). The number of fused-ring (bicyclic) bond motifs is 4. The number of aromatic nitrogens is 3. The highest BCUT2D eigenvalue weighted by molar-refractivity contribution is 6.00. The quantitative estimate of drug-likeness (QED) is 0.558. The van der Waals surface area contributed by atoms with Gasteiger partial charge in [-0.15, -0.1) is 5.10 Å². The molecule has 4 rings (SSSR count). The molecule has 0 saturated heterocycles. The fraction of sp³-hybridized carbons (Fsp3) is 0.381. The Morgan fingerprint density at radius 2 is 1.93 bits per heavy atom. The van der Waals surface area contributed by atoms with Crippen molar-refractivity contribution in [2.75, 3.05) is 32.5 Å². The number of anilines is 1. The zero-order valence-electron chi connectivity index (χ0n) is 16.3. The molecule has 2 aromatic heterocycles. The number of hydrogen-bond donors (Lipinski definition) is 1. The van der Waals surface area contributed by atoms with Crippen molar-refractivity contribution in [1.29, 1.82) is 0 Å². The second-order valence-electron chi connectivity index (χ2n) is 7.53. The Balaban J connectivity index is 1.87. The Morgan fingerprint density at radius 1 is 1.19 bits per heavy atom. The van der Waals surface area contributed by atoms with Gasteiger partial charge < -0.3 is 10.2 Å². The summed E-state index contributed by atoms with van der Waals surface area (Å²) in [6.07, 6.45) is 1.74. The van der Waals surface area contributed by atoms with Crippen LogP contribution in [-0.2, 0) is 6.42 Å². The molecule has 0 saturated carbocycles. The van der Waals surface area contributed by atoms with E-state index in [4.69, 9.17) is 4.98 Å². The first-order valence-corrected chi connectivity index (χ1v) is 9.37. The number of nitrogens with zero attached hydrogens (tertiary/aromatic N) is 4. The van der Waals surface area contributed by atoms with E-state index in [0.717, 1.165) is 53.8 Å². The summed E-state index contributed by atoms with van der Waals surface area (Å²) in [5.74, 6) is 0.733. The smallest absolute Gasteiger partial charge is 0.282 e. The summed E-state index contributed by atoms with van der Waals surface area (Å²) in [5, 5.41) is 10.0. The number of rotatable bonds is 5. The zero-order valence-corrected chi connectivity index (χ0v) is 16.3. The minimum Gasteiger partial charge on any atom is -0.368 e. The first-order valence-electron chi connectivity index (χ1n) is 9.37. The summed E-state index contributed by atoms with van der Waals surface area (Å²) in [4.78, 5) is 20.2. The molecule has 0 radical (unpaired) electrons. The van der Waals surface area contributed by atoms with Crippen molar-refractivity contribution in [2.45, 2.75) is 26.7 Å². The number of benzene rings is 1. The maximum absolute atomic E-state index is 13.2. The van der Waals surface area contributed by atoms with Gasteiger partial charge in [0.25, 0.3) is 5.56 Å². The molecule has 1 aliphatic rings. The highest BCUT2D eigenvalue weighted by Crippen LogP contribution is 2.30. The average Bonchev–Trinajstić information content (AvgIpc) is 2.93. The van der Waals surface area contributed by atoms with Crippen LogP contribution in [0, 0.1) is 0 Å². The van der Waals surface area contributed by atoms with Gasteiger partial charge in [-0.1, -0.05) is 29.8 Å². The largest absolute Gasteiger partial charge is 0.368 e. The van der Waals surface area contributed by atoms with Gasteiger partial charge in [-0.3, -0.25) is 4.79 Å². The predicted octanol–water partition coefficient (Wildman–Crippen LogP) is 2.96. The molecular formula is C21H25N5O. The van der Waals surface area contributed by atoms with Crippen LogP contribution in [0.15, 0.2) is 34.6 Å². The molecule has 1 aromatic carbocycles. The van der Waals surface area contributed by atoms with E-state index in [-0.39, 0.29) is 5.56 Å². The van der Waals surface area contributed by atoms with Crippen LogP contribution >= 0.6 is 0 Å². The molecule has 0 fully saturated rings. The van der Waals surface area contributed by atoms with Crippen molar-refractivity contribution in [1.82, 2.24) is 19.5 Å². The van der Waals surface area contributed by atoms with Crippen LogP contribution in [0.2, 0.25) is 0 Å². The lowest BCUT2D eigenvalue weighted by molar-refractivity contribution is 0.405. The average molecular weight is 363 g/mol. The third kappa shape index (κ3) is 3.00. The van der Waals surface area contributed by atoms with Crippen molar-refractivity contribution in [3.8, 4) is 0 Å². The Hall–Kier alpha value is -2.73. The van der Waals surface area contributed by atoms with Gasteiger partial charge in [0.05, 0.1) is 11.3 Å². The maximum atomic E-state index is 13.2. The molecule has 1 aliphatic carbocycles. The van der Waals surface area contributed by atoms with Gasteiger partial charge in [0, 0.05) is 23.7 Å². The monoisotopic (exact) mass is 363 g/mol. The highest BCUT2D eigenvalue weighted by atomic mass is 16.1. The first-order chi connectivity index (χ1) is 13.0. The van der Waals surface area contributed by atoms with Crippen LogP contribution in [0.3, 0.4) is 0 Å². The van der Waals surface area contributed by atoms with E-state index in [1.165, 1.54) is 10.1 Å². The molecule has 6 heteroatoms. The van der Waals surface area contributed by atoms with Gasteiger partial charge in [0.2, 0.25) is 0 Å². The van der Waals surface area contributed by atoms with E-state index in [2.05, 4.69) is 36.3 Å². The third-order valence-corrected chi connectivity index (χ3v) is 5.28. The van der Waals surface area contributed by atoms with Crippen molar-refractivity contribution >= 4 is 27.8 Å². The predicted molar refractivity (Wildman–Crippen MR) is 110 cm³/mol. The first kappa shape index (κ1) is 17.7. The molecular weight excluding hydrogens is 338 g/mol.